The van der Waals surface area contributed by atoms with Crippen molar-refractivity contribution in [2.75, 3.05) is 13.1 Å². The van der Waals surface area contributed by atoms with E-state index in [2.05, 4.69) is 31.4 Å². The first-order chi connectivity index (χ1) is 8.37. The van der Waals surface area contributed by atoms with Gasteiger partial charge in [0.05, 0.1) is 6.10 Å². The topological polar surface area (TPSA) is 61.4 Å². The molecule has 0 aromatic carbocycles. The number of aliphatic hydroxyl groups is 1. The number of nitrogens with one attached hydrogen (secondary N) is 2. The lowest BCUT2D eigenvalue weighted by Crippen LogP contribution is -2.39. The molecule has 1 fully saturated rings. The maximum Gasteiger partial charge on any atom is 0.221 e. The standard InChI is InChI=1S/C14H28N2O2/c1-14(2,3)16-8-7-13(18)15-10-11-5-4-6-12(17)9-11/h11-12,16-17H,4-10H2,1-3H3,(H,15,18). The molecule has 106 valence electrons. The molecule has 1 saturated carbocycles. The van der Waals surface area contributed by atoms with Gasteiger partial charge < -0.3 is 15.7 Å². The summed E-state index contributed by atoms with van der Waals surface area (Å²) in [6.45, 7) is 7.70. The van der Waals surface area contributed by atoms with E-state index in [1.54, 1.807) is 0 Å². The van der Waals surface area contributed by atoms with Crippen LogP contribution in [0.4, 0.5) is 0 Å². The summed E-state index contributed by atoms with van der Waals surface area (Å²) in [5.74, 6) is 0.556. The van der Waals surface area contributed by atoms with Crippen molar-refractivity contribution in [3.05, 3.63) is 0 Å². The fraction of sp³-hybridized carbons (Fsp3) is 0.929. The number of carbonyl (C=O) groups is 1. The van der Waals surface area contributed by atoms with Gasteiger partial charge in [-0.15, -0.1) is 0 Å². The molecule has 0 aromatic heterocycles. The first-order valence-corrected chi connectivity index (χ1v) is 7.06. The Labute approximate surface area is 111 Å². The molecule has 1 aliphatic carbocycles. The molecule has 3 N–H and O–H groups in total. The molecular weight excluding hydrogens is 228 g/mol. The van der Waals surface area contributed by atoms with Crippen molar-refractivity contribution in [1.82, 2.24) is 10.6 Å². The zero-order chi connectivity index (χ0) is 13.6. The van der Waals surface area contributed by atoms with Crippen LogP contribution >= 0.6 is 0 Å². The van der Waals surface area contributed by atoms with Crippen molar-refractivity contribution in [1.29, 1.82) is 0 Å². The number of carbonyl (C=O) groups excluding carboxylic acids is 1. The molecule has 18 heavy (non-hydrogen) atoms. The quantitative estimate of drug-likeness (QED) is 0.697. The maximum atomic E-state index is 11.6. The lowest BCUT2D eigenvalue weighted by molar-refractivity contribution is -0.121. The van der Waals surface area contributed by atoms with Crippen LogP contribution in [-0.4, -0.2) is 35.7 Å². The van der Waals surface area contributed by atoms with E-state index in [0.29, 0.717) is 25.4 Å². The third-order valence-electron chi connectivity index (χ3n) is 3.35. The molecule has 0 radical (unpaired) electrons. The molecule has 4 nitrogen and oxygen atoms in total. The molecule has 0 spiro atoms. The Bertz CT molecular complexity index is 261. The van der Waals surface area contributed by atoms with Crippen molar-refractivity contribution in [3.8, 4) is 0 Å². The number of hydrogen-bond donors (Lipinski definition) is 3. The minimum atomic E-state index is -0.164. The summed E-state index contributed by atoms with van der Waals surface area (Å²) in [6, 6.07) is 0. The Balaban J connectivity index is 2.09. The van der Waals surface area contributed by atoms with Crippen molar-refractivity contribution in [3.63, 3.8) is 0 Å². The zero-order valence-electron chi connectivity index (χ0n) is 12.0. The molecular formula is C14H28N2O2. The molecule has 4 heteroatoms. The van der Waals surface area contributed by atoms with Gasteiger partial charge in [-0.2, -0.15) is 0 Å². The fourth-order valence-corrected chi connectivity index (χ4v) is 2.35. The minimum absolute atomic E-state index is 0.0633. The van der Waals surface area contributed by atoms with Gasteiger partial charge in [-0.05, 0) is 46.0 Å². The predicted octanol–water partition coefficient (Wildman–Crippen LogP) is 1.43. The van der Waals surface area contributed by atoms with E-state index in [1.807, 2.05) is 0 Å². The second kappa shape index (κ2) is 7.10. The van der Waals surface area contributed by atoms with E-state index in [-0.39, 0.29) is 17.6 Å². The highest BCUT2D eigenvalue weighted by atomic mass is 16.3. The molecule has 0 aliphatic heterocycles. The van der Waals surface area contributed by atoms with Gasteiger partial charge in [0.25, 0.3) is 0 Å². The maximum absolute atomic E-state index is 11.6. The first kappa shape index (κ1) is 15.4. The summed E-state index contributed by atoms with van der Waals surface area (Å²) in [4.78, 5) is 11.6. The molecule has 0 saturated heterocycles. The molecule has 0 aromatic rings. The van der Waals surface area contributed by atoms with E-state index in [9.17, 15) is 9.90 Å². The third-order valence-corrected chi connectivity index (χ3v) is 3.35. The Kier molecular flexibility index (Phi) is 6.09. The van der Waals surface area contributed by atoms with E-state index in [4.69, 9.17) is 0 Å². The predicted molar refractivity (Wildman–Crippen MR) is 73.3 cm³/mol. The molecule has 2 unspecified atom stereocenters. The molecule has 1 amide bonds. The highest BCUT2D eigenvalue weighted by molar-refractivity contribution is 5.76. The number of rotatable bonds is 5. The lowest BCUT2D eigenvalue weighted by atomic mass is 9.87. The average molecular weight is 256 g/mol. The number of amides is 1. The zero-order valence-corrected chi connectivity index (χ0v) is 12.0. The fourth-order valence-electron chi connectivity index (χ4n) is 2.35. The van der Waals surface area contributed by atoms with Crippen molar-refractivity contribution in [2.45, 2.75) is 64.5 Å². The van der Waals surface area contributed by atoms with Crippen LogP contribution in [0.25, 0.3) is 0 Å². The SMILES string of the molecule is CC(C)(C)NCCC(=O)NCC1CCCC(O)C1. The van der Waals surface area contributed by atoms with Crippen LogP contribution in [0.2, 0.25) is 0 Å². The van der Waals surface area contributed by atoms with Gasteiger partial charge in [0.2, 0.25) is 5.91 Å². The van der Waals surface area contributed by atoms with Crippen LogP contribution in [0, 0.1) is 5.92 Å². The largest absolute Gasteiger partial charge is 0.393 e. The van der Waals surface area contributed by atoms with Gasteiger partial charge in [-0.1, -0.05) is 6.42 Å². The highest BCUT2D eigenvalue weighted by Gasteiger charge is 2.20. The smallest absolute Gasteiger partial charge is 0.221 e. The normalized spacial score (nSPS) is 24.9. The van der Waals surface area contributed by atoms with Crippen LogP contribution in [0.1, 0.15) is 52.9 Å². The van der Waals surface area contributed by atoms with Crippen LogP contribution in [0.15, 0.2) is 0 Å². The van der Waals surface area contributed by atoms with Gasteiger partial charge in [0.15, 0.2) is 0 Å². The Hall–Kier alpha value is -0.610. The van der Waals surface area contributed by atoms with Crippen molar-refractivity contribution in [2.24, 2.45) is 5.92 Å². The molecule has 0 bridgehead atoms. The molecule has 2 atom stereocenters. The van der Waals surface area contributed by atoms with Gasteiger partial charge >= 0.3 is 0 Å². The molecule has 1 aliphatic rings. The second-order valence-electron chi connectivity index (χ2n) is 6.42. The van der Waals surface area contributed by atoms with E-state index >= 15 is 0 Å². The third kappa shape index (κ3) is 6.97. The van der Waals surface area contributed by atoms with Gasteiger partial charge in [-0.25, -0.2) is 0 Å². The summed E-state index contributed by atoms with van der Waals surface area (Å²) < 4.78 is 0. The summed E-state index contributed by atoms with van der Waals surface area (Å²) >= 11 is 0. The van der Waals surface area contributed by atoms with Gasteiger partial charge in [0.1, 0.15) is 0 Å². The summed E-state index contributed by atoms with van der Waals surface area (Å²) in [5.41, 5.74) is 0.0633. The number of hydrogen-bond acceptors (Lipinski definition) is 3. The van der Waals surface area contributed by atoms with Crippen LogP contribution in [0.5, 0.6) is 0 Å². The molecule has 0 heterocycles. The van der Waals surface area contributed by atoms with Crippen molar-refractivity contribution >= 4 is 5.91 Å². The van der Waals surface area contributed by atoms with Gasteiger partial charge in [0, 0.05) is 25.0 Å². The Morgan fingerprint density at radius 1 is 1.33 bits per heavy atom. The van der Waals surface area contributed by atoms with Crippen LogP contribution in [0.3, 0.4) is 0 Å². The average Bonchev–Trinajstić information content (AvgIpc) is 2.25. The van der Waals surface area contributed by atoms with E-state index in [0.717, 1.165) is 25.7 Å². The summed E-state index contributed by atoms with van der Waals surface area (Å²) in [6.07, 6.45) is 4.31. The van der Waals surface area contributed by atoms with Crippen LogP contribution < -0.4 is 10.6 Å². The monoisotopic (exact) mass is 256 g/mol. The van der Waals surface area contributed by atoms with Crippen molar-refractivity contribution < 1.29 is 9.90 Å². The summed E-state index contributed by atoms with van der Waals surface area (Å²) in [7, 11) is 0. The highest BCUT2D eigenvalue weighted by Crippen LogP contribution is 2.23. The molecule has 1 rings (SSSR count). The van der Waals surface area contributed by atoms with Crippen LogP contribution in [-0.2, 0) is 4.79 Å². The minimum Gasteiger partial charge on any atom is -0.393 e. The number of aliphatic hydroxyl groups excluding tert-OH is 1. The first-order valence-electron chi connectivity index (χ1n) is 7.06. The lowest BCUT2D eigenvalue weighted by Gasteiger charge is -2.26. The van der Waals surface area contributed by atoms with E-state index in [1.165, 1.54) is 0 Å². The second-order valence-corrected chi connectivity index (χ2v) is 6.42. The Morgan fingerprint density at radius 2 is 2.06 bits per heavy atom. The van der Waals surface area contributed by atoms with Gasteiger partial charge in [-0.3, -0.25) is 4.79 Å². The Morgan fingerprint density at radius 3 is 2.67 bits per heavy atom. The van der Waals surface area contributed by atoms with E-state index < -0.39 is 0 Å². The summed E-state index contributed by atoms with van der Waals surface area (Å²) in [5, 5.41) is 15.8.